The zero-order valence-electron chi connectivity index (χ0n) is 14.6. The molecule has 26 heavy (non-hydrogen) atoms. The van der Waals surface area contributed by atoms with E-state index in [1.165, 1.54) is 34.4 Å². The van der Waals surface area contributed by atoms with Gasteiger partial charge in [0.25, 0.3) is 0 Å². The number of rotatable bonds is 1. The van der Waals surface area contributed by atoms with Gasteiger partial charge in [0, 0.05) is 28.9 Å². The van der Waals surface area contributed by atoms with Gasteiger partial charge in [0.1, 0.15) is 0 Å². The number of fused-ring (bicyclic) bond motifs is 2. The number of likely N-dealkylation sites (N-methyl/N-ethyl adjacent to an activating group) is 1. The third-order valence-corrected chi connectivity index (χ3v) is 6.59. The Morgan fingerprint density at radius 2 is 1.77 bits per heavy atom. The van der Waals surface area contributed by atoms with Crippen molar-refractivity contribution < 1.29 is 18.1 Å². The summed E-state index contributed by atoms with van der Waals surface area (Å²) in [6.07, 6.45) is -3.46. The molecule has 2 nitrogen and oxygen atoms in total. The highest BCUT2D eigenvalue weighted by Crippen LogP contribution is 2.44. The highest BCUT2D eigenvalue weighted by atomic mass is 32.2. The lowest BCUT2D eigenvalue weighted by Crippen LogP contribution is -3.12. The molecule has 0 aliphatic carbocycles. The summed E-state index contributed by atoms with van der Waals surface area (Å²) in [4.78, 5) is 5.76. The summed E-state index contributed by atoms with van der Waals surface area (Å²) in [5.41, 5.74) is 1.68. The zero-order valence-corrected chi connectivity index (χ0v) is 15.5. The van der Waals surface area contributed by atoms with E-state index in [4.69, 9.17) is 0 Å². The highest BCUT2D eigenvalue weighted by Gasteiger charge is 2.34. The fraction of sp³-hybridized carbons (Fsp3) is 0.400. The van der Waals surface area contributed by atoms with Crippen LogP contribution in [0.2, 0.25) is 0 Å². The smallest absolute Gasteiger partial charge is 0.335 e. The Kier molecular flexibility index (Phi) is 4.75. The number of hydrogen-bond acceptors (Lipinski definition) is 2. The first-order chi connectivity index (χ1) is 12.4. The largest absolute Gasteiger partial charge is 0.416 e. The van der Waals surface area contributed by atoms with Crippen LogP contribution < -0.4 is 4.90 Å². The number of nitrogens with zero attached hydrogens (tertiary/aromatic N) is 1. The first-order valence-corrected chi connectivity index (χ1v) is 9.76. The van der Waals surface area contributed by atoms with Crippen LogP contribution >= 0.6 is 11.8 Å². The lowest BCUT2D eigenvalue weighted by Gasteiger charge is -2.36. The molecule has 138 valence electrons. The SMILES string of the molecule is C[NH+]1CCN(C2Cc3ccccc3Sc3cc(C(F)(F)F)ccc32)CC1. The van der Waals surface area contributed by atoms with Gasteiger partial charge < -0.3 is 4.90 Å². The van der Waals surface area contributed by atoms with Crippen LogP contribution in [0.5, 0.6) is 0 Å². The molecule has 0 saturated carbocycles. The summed E-state index contributed by atoms with van der Waals surface area (Å²) >= 11 is 1.47. The van der Waals surface area contributed by atoms with Crippen LogP contribution in [-0.2, 0) is 12.6 Å². The fourth-order valence-corrected chi connectivity index (χ4v) is 5.00. The van der Waals surface area contributed by atoms with Gasteiger partial charge in [0.15, 0.2) is 0 Å². The van der Waals surface area contributed by atoms with E-state index in [9.17, 15) is 13.2 Å². The van der Waals surface area contributed by atoms with Crippen molar-refractivity contribution in [2.75, 3.05) is 33.2 Å². The molecule has 2 aliphatic heterocycles. The molecule has 4 rings (SSSR count). The molecule has 0 spiro atoms. The minimum Gasteiger partial charge on any atom is -0.335 e. The van der Waals surface area contributed by atoms with Gasteiger partial charge in [0.05, 0.1) is 25.7 Å². The van der Waals surface area contributed by atoms with Crippen LogP contribution in [0.4, 0.5) is 13.2 Å². The number of quaternary nitrogens is 1. The standard InChI is InChI=1S/C20H21F3N2S/c1-24-8-10-25(11-9-24)17-12-14-4-2-3-5-18(14)26-19-13-15(20(21,22)23)6-7-16(17)19/h2-7,13,17H,8-12H2,1H3/p+1. The van der Waals surface area contributed by atoms with E-state index in [1.54, 1.807) is 6.07 Å². The maximum atomic E-state index is 13.2. The lowest BCUT2D eigenvalue weighted by molar-refractivity contribution is -0.884. The van der Waals surface area contributed by atoms with E-state index in [2.05, 4.69) is 18.0 Å². The van der Waals surface area contributed by atoms with Gasteiger partial charge in [-0.25, -0.2) is 0 Å². The molecule has 1 fully saturated rings. The molecule has 1 N–H and O–H groups in total. The van der Waals surface area contributed by atoms with Gasteiger partial charge in [-0.05, 0) is 35.7 Å². The minimum atomic E-state index is -4.31. The van der Waals surface area contributed by atoms with Gasteiger partial charge in [-0.2, -0.15) is 13.2 Å². The van der Waals surface area contributed by atoms with Crippen LogP contribution in [0.25, 0.3) is 0 Å². The molecule has 0 amide bonds. The third kappa shape index (κ3) is 3.50. The van der Waals surface area contributed by atoms with Gasteiger partial charge >= 0.3 is 6.18 Å². The Labute approximate surface area is 156 Å². The summed E-state index contributed by atoms with van der Waals surface area (Å²) in [7, 11) is 2.19. The van der Waals surface area contributed by atoms with Crippen molar-refractivity contribution in [2.24, 2.45) is 0 Å². The number of hydrogen-bond donors (Lipinski definition) is 1. The van der Waals surface area contributed by atoms with Crippen molar-refractivity contribution in [3.05, 3.63) is 59.2 Å². The van der Waals surface area contributed by atoms with Crippen molar-refractivity contribution >= 4 is 11.8 Å². The van der Waals surface area contributed by atoms with E-state index in [-0.39, 0.29) is 6.04 Å². The Morgan fingerprint density at radius 3 is 2.50 bits per heavy atom. The molecule has 6 heteroatoms. The molecule has 1 atom stereocenters. The van der Waals surface area contributed by atoms with Crippen LogP contribution in [-0.4, -0.2) is 38.1 Å². The second-order valence-corrected chi connectivity index (χ2v) is 8.26. The normalized spacial score (nSPS) is 21.8. The van der Waals surface area contributed by atoms with E-state index < -0.39 is 11.7 Å². The molecule has 1 unspecified atom stereocenters. The molecule has 1 saturated heterocycles. The average molecular weight is 379 g/mol. The zero-order chi connectivity index (χ0) is 18.3. The second-order valence-electron chi connectivity index (χ2n) is 7.17. The van der Waals surface area contributed by atoms with Gasteiger partial charge in [0.2, 0.25) is 0 Å². The summed E-state index contributed by atoms with van der Waals surface area (Å²) in [5, 5.41) is 0. The molecule has 0 radical (unpaired) electrons. The quantitative estimate of drug-likeness (QED) is 0.813. The molecule has 0 bridgehead atoms. The number of benzene rings is 2. The average Bonchev–Trinajstić information content (AvgIpc) is 2.77. The molecule has 2 aromatic rings. The van der Waals surface area contributed by atoms with Crippen LogP contribution in [0, 0.1) is 0 Å². The number of halogens is 3. The summed E-state index contributed by atoms with van der Waals surface area (Å²) in [6, 6.07) is 12.5. The van der Waals surface area contributed by atoms with Gasteiger partial charge in [-0.3, -0.25) is 4.90 Å². The predicted molar refractivity (Wildman–Crippen MR) is 96.6 cm³/mol. The van der Waals surface area contributed by atoms with E-state index in [1.807, 2.05) is 18.2 Å². The van der Waals surface area contributed by atoms with Crippen molar-refractivity contribution in [1.29, 1.82) is 0 Å². The molecule has 2 aliphatic rings. The van der Waals surface area contributed by atoms with Crippen molar-refractivity contribution in [3.63, 3.8) is 0 Å². The maximum absolute atomic E-state index is 13.2. The van der Waals surface area contributed by atoms with Crippen LogP contribution in [0.1, 0.15) is 22.7 Å². The Hall–Kier alpha value is -1.50. The maximum Gasteiger partial charge on any atom is 0.416 e. The highest BCUT2D eigenvalue weighted by molar-refractivity contribution is 7.99. The molecule has 2 heterocycles. The minimum absolute atomic E-state index is 0.136. The third-order valence-electron chi connectivity index (χ3n) is 5.40. The predicted octanol–water partition coefficient (Wildman–Crippen LogP) is 3.28. The Balaban J connectivity index is 1.77. The first kappa shape index (κ1) is 17.9. The van der Waals surface area contributed by atoms with Crippen molar-refractivity contribution in [1.82, 2.24) is 4.90 Å². The summed E-state index contributed by atoms with van der Waals surface area (Å²) in [6.45, 7) is 4.09. The first-order valence-electron chi connectivity index (χ1n) is 8.94. The van der Waals surface area contributed by atoms with Gasteiger partial charge in [-0.15, -0.1) is 0 Å². The van der Waals surface area contributed by atoms with Crippen molar-refractivity contribution in [3.8, 4) is 0 Å². The Morgan fingerprint density at radius 1 is 1.04 bits per heavy atom. The topological polar surface area (TPSA) is 7.68 Å². The van der Waals surface area contributed by atoms with Crippen LogP contribution in [0.15, 0.2) is 52.3 Å². The molecular formula is C20H22F3N2S+. The van der Waals surface area contributed by atoms with E-state index in [0.29, 0.717) is 0 Å². The summed E-state index contributed by atoms with van der Waals surface area (Å²) < 4.78 is 39.7. The number of alkyl halides is 3. The lowest BCUT2D eigenvalue weighted by atomic mass is 9.95. The monoisotopic (exact) mass is 379 g/mol. The fourth-order valence-electron chi connectivity index (χ4n) is 3.83. The van der Waals surface area contributed by atoms with Gasteiger partial charge in [-0.1, -0.05) is 36.0 Å². The van der Waals surface area contributed by atoms with Crippen LogP contribution in [0.3, 0.4) is 0 Å². The summed E-state index contributed by atoms with van der Waals surface area (Å²) in [5.74, 6) is 0. The molecule has 0 aromatic heterocycles. The second kappa shape index (κ2) is 6.91. The van der Waals surface area contributed by atoms with Crippen molar-refractivity contribution in [2.45, 2.75) is 28.4 Å². The Bertz CT molecular complexity index is 798. The molecular weight excluding hydrogens is 357 g/mol. The van der Waals surface area contributed by atoms with E-state index in [0.717, 1.165) is 48.0 Å². The molecule has 2 aromatic carbocycles. The van der Waals surface area contributed by atoms with E-state index >= 15 is 0 Å². The number of piperazine rings is 1. The number of nitrogens with one attached hydrogen (secondary N) is 1.